The van der Waals surface area contributed by atoms with Gasteiger partial charge in [-0.1, -0.05) is 0 Å². The highest BCUT2D eigenvalue weighted by Crippen LogP contribution is 2.19. The van der Waals surface area contributed by atoms with Gasteiger partial charge >= 0.3 is 6.01 Å². The predicted octanol–water partition coefficient (Wildman–Crippen LogP) is 1.20. The molecule has 0 aliphatic carbocycles. The first-order valence-corrected chi connectivity index (χ1v) is 6.58. The molecule has 1 fully saturated rings. The zero-order valence-electron chi connectivity index (χ0n) is 11.1. The molecule has 0 saturated carbocycles. The average molecular weight is 262 g/mol. The highest BCUT2D eigenvalue weighted by Gasteiger charge is 2.16. The van der Waals surface area contributed by atoms with Crippen molar-refractivity contribution in [2.24, 2.45) is 0 Å². The van der Waals surface area contributed by atoms with Crippen LogP contribution in [0.5, 0.6) is 6.01 Å². The van der Waals surface area contributed by atoms with Crippen molar-refractivity contribution < 1.29 is 4.74 Å². The molecule has 1 aliphatic heterocycles. The Morgan fingerprint density at radius 3 is 2.74 bits per heavy atom. The SMILES string of the molecule is CCNc1nc(OCC#N)nc(N2CCCCC2)n1. The van der Waals surface area contributed by atoms with Gasteiger partial charge < -0.3 is 15.0 Å². The third-order valence-corrected chi connectivity index (χ3v) is 2.84. The molecule has 0 atom stereocenters. The molecule has 2 rings (SSSR count). The number of ether oxygens (including phenoxy) is 1. The van der Waals surface area contributed by atoms with E-state index in [1.54, 1.807) is 0 Å². The van der Waals surface area contributed by atoms with Gasteiger partial charge in [0.2, 0.25) is 11.9 Å². The lowest BCUT2D eigenvalue weighted by molar-refractivity contribution is 0.336. The summed E-state index contributed by atoms with van der Waals surface area (Å²) in [6.45, 7) is 4.54. The van der Waals surface area contributed by atoms with E-state index in [0.717, 1.165) is 32.5 Å². The molecule has 0 bridgehead atoms. The number of rotatable bonds is 5. The minimum Gasteiger partial charge on any atom is -0.448 e. The summed E-state index contributed by atoms with van der Waals surface area (Å²) in [6, 6.07) is 2.11. The Morgan fingerprint density at radius 2 is 2.05 bits per heavy atom. The largest absolute Gasteiger partial charge is 0.448 e. The van der Waals surface area contributed by atoms with Crippen molar-refractivity contribution in [2.45, 2.75) is 26.2 Å². The summed E-state index contributed by atoms with van der Waals surface area (Å²) < 4.78 is 5.18. The molecule has 1 N–H and O–H groups in total. The van der Waals surface area contributed by atoms with Crippen LogP contribution in [0, 0.1) is 11.3 Å². The summed E-state index contributed by atoms with van der Waals surface area (Å²) in [7, 11) is 0. The molecule has 19 heavy (non-hydrogen) atoms. The van der Waals surface area contributed by atoms with E-state index in [4.69, 9.17) is 10.00 Å². The summed E-state index contributed by atoms with van der Waals surface area (Å²) >= 11 is 0. The van der Waals surface area contributed by atoms with Gasteiger partial charge in [-0.25, -0.2) is 0 Å². The summed E-state index contributed by atoms with van der Waals surface area (Å²) in [5.41, 5.74) is 0. The van der Waals surface area contributed by atoms with Crippen molar-refractivity contribution in [1.29, 1.82) is 5.26 Å². The van der Waals surface area contributed by atoms with Gasteiger partial charge in [-0.3, -0.25) is 0 Å². The monoisotopic (exact) mass is 262 g/mol. The molecule has 0 radical (unpaired) electrons. The Hall–Kier alpha value is -2.10. The predicted molar refractivity (Wildman–Crippen MR) is 71.2 cm³/mol. The molecule has 0 spiro atoms. The first-order valence-electron chi connectivity index (χ1n) is 6.58. The van der Waals surface area contributed by atoms with E-state index in [1.165, 1.54) is 6.42 Å². The second-order valence-electron chi connectivity index (χ2n) is 4.27. The maximum Gasteiger partial charge on any atom is 0.324 e. The zero-order valence-corrected chi connectivity index (χ0v) is 11.1. The third-order valence-electron chi connectivity index (χ3n) is 2.84. The highest BCUT2D eigenvalue weighted by molar-refractivity contribution is 5.38. The molecule has 1 aliphatic rings. The number of nitriles is 1. The van der Waals surface area contributed by atoms with Crippen LogP contribution in [-0.4, -0.2) is 41.2 Å². The van der Waals surface area contributed by atoms with Gasteiger partial charge in [0.05, 0.1) is 0 Å². The Bertz CT molecular complexity index is 452. The van der Waals surface area contributed by atoms with E-state index in [0.29, 0.717) is 11.9 Å². The van der Waals surface area contributed by atoms with Crippen LogP contribution in [-0.2, 0) is 0 Å². The van der Waals surface area contributed by atoms with E-state index in [2.05, 4.69) is 25.2 Å². The minimum absolute atomic E-state index is 0.0605. The summed E-state index contributed by atoms with van der Waals surface area (Å²) in [5, 5.41) is 11.6. The zero-order chi connectivity index (χ0) is 13.5. The smallest absolute Gasteiger partial charge is 0.324 e. The van der Waals surface area contributed by atoms with E-state index >= 15 is 0 Å². The Morgan fingerprint density at radius 1 is 1.26 bits per heavy atom. The molecular formula is C12H18N6O. The quantitative estimate of drug-likeness (QED) is 0.852. The van der Waals surface area contributed by atoms with E-state index in [-0.39, 0.29) is 12.6 Å². The lowest BCUT2D eigenvalue weighted by Crippen LogP contribution is -2.31. The van der Waals surface area contributed by atoms with Crippen LogP contribution >= 0.6 is 0 Å². The number of anilines is 2. The minimum atomic E-state index is -0.0605. The molecular weight excluding hydrogens is 244 g/mol. The average Bonchev–Trinajstić information content (AvgIpc) is 2.46. The van der Waals surface area contributed by atoms with Crippen molar-refractivity contribution in [3.8, 4) is 12.1 Å². The van der Waals surface area contributed by atoms with Crippen molar-refractivity contribution in [1.82, 2.24) is 15.0 Å². The fourth-order valence-corrected chi connectivity index (χ4v) is 1.98. The molecule has 1 aromatic rings. The van der Waals surface area contributed by atoms with Gasteiger partial charge in [-0.05, 0) is 26.2 Å². The number of piperidine rings is 1. The summed E-state index contributed by atoms with van der Waals surface area (Å²) in [5.74, 6) is 1.12. The number of aromatic nitrogens is 3. The fraction of sp³-hybridized carbons (Fsp3) is 0.667. The number of hydrogen-bond acceptors (Lipinski definition) is 7. The Kier molecular flexibility index (Phi) is 4.72. The molecule has 1 aromatic heterocycles. The van der Waals surface area contributed by atoms with Gasteiger partial charge in [-0.2, -0.15) is 20.2 Å². The Balaban J connectivity index is 2.19. The van der Waals surface area contributed by atoms with E-state index in [1.807, 2.05) is 13.0 Å². The normalized spacial score (nSPS) is 14.8. The lowest BCUT2D eigenvalue weighted by Gasteiger charge is -2.26. The van der Waals surface area contributed by atoms with Crippen LogP contribution in [0.3, 0.4) is 0 Å². The van der Waals surface area contributed by atoms with Crippen LogP contribution in [0.2, 0.25) is 0 Å². The first-order chi connectivity index (χ1) is 9.33. The van der Waals surface area contributed by atoms with E-state index < -0.39 is 0 Å². The van der Waals surface area contributed by atoms with Crippen LogP contribution in [0.4, 0.5) is 11.9 Å². The molecule has 102 valence electrons. The molecule has 0 amide bonds. The molecule has 0 aromatic carbocycles. The van der Waals surface area contributed by atoms with Gasteiger partial charge in [0.25, 0.3) is 0 Å². The van der Waals surface area contributed by atoms with Crippen LogP contribution in [0.25, 0.3) is 0 Å². The second-order valence-corrected chi connectivity index (χ2v) is 4.27. The van der Waals surface area contributed by atoms with Crippen LogP contribution < -0.4 is 15.0 Å². The van der Waals surface area contributed by atoms with Gasteiger partial charge in [0, 0.05) is 19.6 Å². The maximum absolute atomic E-state index is 8.55. The fourth-order valence-electron chi connectivity index (χ4n) is 1.98. The van der Waals surface area contributed by atoms with Gasteiger partial charge in [0.15, 0.2) is 6.61 Å². The molecule has 1 saturated heterocycles. The first kappa shape index (κ1) is 13.3. The summed E-state index contributed by atoms with van der Waals surface area (Å²) in [4.78, 5) is 14.9. The van der Waals surface area contributed by atoms with Crippen molar-refractivity contribution in [3.05, 3.63) is 0 Å². The number of nitrogens with one attached hydrogen (secondary N) is 1. The molecule has 0 unspecified atom stereocenters. The van der Waals surface area contributed by atoms with Crippen molar-refractivity contribution >= 4 is 11.9 Å². The number of hydrogen-bond donors (Lipinski definition) is 1. The summed E-state index contributed by atoms with van der Waals surface area (Å²) in [6.07, 6.45) is 3.55. The number of nitrogens with zero attached hydrogens (tertiary/aromatic N) is 5. The second kappa shape index (κ2) is 6.73. The molecule has 2 heterocycles. The Labute approximate surface area is 112 Å². The van der Waals surface area contributed by atoms with Crippen molar-refractivity contribution in [2.75, 3.05) is 36.5 Å². The van der Waals surface area contributed by atoms with Crippen LogP contribution in [0.1, 0.15) is 26.2 Å². The van der Waals surface area contributed by atoms with Crippen molar-refractivity contribution in [3.63, 3.8) is 0 Å². The maximum atomic E-state index is 8.55. The van der Waals surface area contributed by atoms with Gasteiger partial charge in [-0.15, -0.1) is 0 Å². The lowest BCUT2D eigenvalue weighted by atomic mass is 10.1. The van der Waals surface area contributed by atoms with Gasteiger partial charge in [0.1, 0.15) is 6.07 Å². The third kappa shape index (κ3) is 3.68. The highest BCUT2D eigenvalue weighted by atomic mass is 16.5. The molecule has 7 nitrogen and oxygen atoms in total. The topological polar surface area (TPSA) is 87.0 Å². The standard InChI is InChI=1S/C12H18N6O/c1-2-14-10-15-11(18-7-4-3-5-8-18)17-12(16-10)19-9-6-13/h2-5,7-9H2,1H3,(H,14,15,16,17). The van der Waals surface area contributed by atoms with E-state index in [9.17, 15) is 0 Å². The molecule has 7 heteroatoms. The van der Waals surface area contributed by atoms with Crippen LogP contribution in [0.15, 0.2) is 0 Å².